The predicted octanol–water partition coefficient (Wildman–Crippen LogP) is -0.370. The zero-order valence-corrected chi connectivity index (χ0v) is 44.3. The number of carbonyl (C=O) groups excluding carboxylic acids is 1. The van der Waals surface area contributed by atoms with Gasteiger partial charge in [0.2, 0.25) is 6.29 Å². The van der Waals surface area contributed by atoms with Gasteiger partial charge in [-0.05, 0) is 118 Å². The molecule has 9 aliphatic rings. The number of aliphatic hydroxyl groups excluding tert-OH is 11. The largest absolute Gasteiger partial charge is 0.432 e. The van der Waals surface area contributed by atoms with Gasteiger partial charge in [0.1, 0.15) is 73.2 Å². The van der Waals surface area contributed by atoms with Gasteiger partial charge in [0.15, 0.2) is 25.0 Å². The van der Waals surface area contributed by atoms with Gasteiger partial charge >= 0.3 is 5.97 Å². The summed E-state index contributed by atoms with van der Waals surface area (Å²) >= 11 is 0. The maximum atomic E-state index is 15.3. The summed E-state index contributed by atoms with van der Waals surface area (Å²) < 4.78 is 48.5. The Balaban J connectivity index is 0.974. The van der Waals surface area contributed by atoms with Gasteiger partial charge in [0.25, 0.3) is 0 Å². The lowest BCUT2D eigenvalue weighted by Gasteiger charge is -2.72. The number of allylic oxidation sites excluding steroid dienone is 1. The molecule has 0 aromatic rings. The first-order valence-corrected chi connectivity index (χ1v) is 27.1. The fraction of sp³-hybridized carbons (Fsp3) is 0.943. The summed E-state index contributed by atoms with van der Waals surface area (Å²) in [6.45, 7) is 17.2. The van der Waals surface area contributed by atoms with Gasteiger partial charge in [-0.15, -0.1) is 0 Å². The predicted molar refractivity (Wildman–Crippen MR) is 255 cm³/mol. The minimum Gasteiger partial charge on any atom is -0.432 e. The third-order valence-corrected chi connectivity index (χ3v) is 21.4. The highest BCUT2D eigenvalue weighted by molar-refractivity contribution is 5.79. The first-order chi connectivity index (χ1) is 34.5. The van der Waals surface area contributed by atoms with Crippen LogP contribution in [0.3, 0.4) is 0 Å². The Hall–Kier alpha value is -1.55. The molecule has 12 N–H and O–H groups in total. The summed E-state index contributed by atoms with van der Waals surface area (Å²) in [6.07, 6.45) is -20.9. The van der Waals surface area contributed by atoms with Crippen molar-refractivity contribution < 1.29 is 104 Å². The third kappa shape index (κ3) is 8.80. The van der Waals surface area contributed by atoms with Gasteiger partial charge in [-0.1, -0.05) is 53.2 Å². The second kappa shape index (κ2) is 20.2. The van der Waals surface area contributed by atoms with E-state index in [4.69, 9.17) is 37.9 Å². The molecule has 4 aliphatic heterocycles. The molecule has 8 fully saturated rings. The zero-order valence-electron chi connectivity index (χ0n) is 44.3. The monoisotopic (exact) mass is 1060 g/mol. The molecule has 0 radical (unpaired) electrons. The molecule has 4 heterocycles. The molecule has 29 atom stereocenters. The highest BCUT2D eigenvalue weighted by atomic mass is 16.8. The highest BCUT2D eigenvalue weighted by Gasteiger charge is 2.72. The van der Waals surface area contributed by atoms with Crippen LogP contribution in [0.4, 0.5) is 0 Å². The second-order valence-electron chi connectivity index (χ2n) is 25.5. The minimum absolute atomic E-state index is 0.138. The van der Waals surface area contributed by atoms with E-state index < -0.39 is 163 Å². The van der Waals surface area contributed by atoms with E-state index in [-0.39, 0.29) is 35.2 Å². The van der Waals surface area contributed by atoms with Gasteiger partial charge in [-0.2, -0.15) is 0 Å². The van der Waals surface area contributed by atoms with Crippen LogP contribution in [0, 0.1) is 50.7 Å². The van der Waals surface area contributed by atoms with Crippen LogP contribution >= 0.6 is 0 Å². The van der Waals surface area contributed by atoms with Crippen LogP contribution in [0.2, 0.25) is 0 Å². The van der Waals surface area contributed by atoms with Crippen molar-refractivity contribution in [1.82, 2.24) is 0 Å². The molecule has 74 heavy (non-hydrogen) atoms. The second-order valence-corrected chi connectivity index (χ2v) is 25.5. The quantitative estimate of drug-likeness (QED) is 0.0796. The topological polar surface area (TPSA) is 334 Å². The van der Waals surface area contributed by atoms with Crippen LogP contribution in [0.25, 0.3) is 0 Å². The van der Waals surface area contributed by atoms with E-state index >= 15 is 4.79 Å². The van der Waals surface area contributed by atoms with Crippen molar-refractivity contribution in [1.29, 1.82) is 0 Å². The van der Waals surface area contributed by atoms with Crippen LogP contribution in [0.15, 0.2) is 11.6 Å². The maximum Gasteiger partial charge on any atom is 0.315 e. The summed E-state index contributed by atoms with van der Waals surface area (Å²) in [7, 11) is 0. The number of hydrogen-bond donors (Lipinski definition) is 12. The lowest BCUT2D eigenvalue weighted by atomic mass is 9.33. The van der Waals surface area contributed by atoms with E-state index in [0.717, 1.165) is 24.8 Å². The molecule has 0 bridgehead atoms. The Bertz CT molecular complexity index is 2060. The van der Waals surface area contributed by atoms with Crippen molar-refractivity contribution >= 4 is 5.97 Å². The van der Waals surface area contributed by atoms with E-state index in [1.165, 1.54) is 13.8 Å². The molecule has 0 aromatic carbocycles. The van der Waals surface area contributed by atoms with Gasteiger partial charge in [-0.25, -0.2) is 0 Å². The van der Waals surface area contributed by atoms with Gasteiger partial charge in [0.05, 0.1) is 42.5 Å². The highest BCUT2D eigenvalue weighted by Crippen LogP contribution is 2.76. The van der Waals surface area contributed by atoms with E-state index in [1.54, 1.807) is 6.92 Å². The Kier molecular flexibility index (Phi) is 15.6. The molecule has 4 saturated heterocycles. The average molecular weight is 1060 g/mol. The number of carbonyl (C=O) groups is 1. The molecular formula is C53H86O21. The Morgan fingerprint density at radius 3 is 1.81 bits per heavy atom. The van der Waals surface area contributed by atoms with Gasteiger partial charge in [-0.3, -0.25) is 4.79 Å². The minimum atomic E-state index is -1.83. The third-order valence-electron chi connectivity index (χ3n) is 21.4. The van der Waals surface area contributed by atoms with E-state index in [1.807, 2.05) is 6.92 Å². The lowest BCUT2D eigenvalue weighted by Crippen LogP contribution is -2.68. The number of rotatable bonds is 9. The molecule has 0 amide bonds. The summed E-state index contributed by atoms with van der Waals surface area (Å²) in [4.78, 5) is 15.3. The van der Waals surface area contributed by atoms with Crippen LogP contribution in [-0.4, -0.2) is 209 Å². The van der Waals surface area contributed by atoms with E-state index in [9.17, 15) is 61.3 Å². The molecule has 424 valence electrons. The van der Waals surface area contributed by atoms with Gasteiger partial charge < -0.3 is 99.2 Å². The first kappa shape index (κ1) is 57.1. The Morgan fingerprint density at radius 1 is 0.622 bits per heavy atom. The normalized spacial score (nSPS) is 56.4. The number of esters is 1. The Morgan fingerprint density at radius 2 is 1.22 bits per heavy atom. The average Bonchev–Trinajstić information content (AvgIpc) is 3.34. The van der Waals surface area contributed by atoms with Crippen LogP contribution in [0.1, 0.15) is 120 Å². The van der Waals surface area contributed by atoms with Crippen molar-refractivity contribution in [2.24, 2.45) is 50.7 Å². The Labute approximate surface area is 433 Å². The first-order valence-electron chi connectivity index (χ1n) is 27.1. The fourth-order valence-corrected chi connectivity index (χ4v) is 16.3. The molecule has 0 spiro atoms. The van der Waals surface area contributed by atoms with Crippen LogP contribution < -0.4 is 0 Å². The number of fused-ring (bicyclic) bond motifs is 7. The molecule has 0 aromatic heterocycles. The SMILES string of the molecule is CC1OC(OC2C(OC3CCC4(C)C(CCC5(C)C4CC=C4C6C(C(=O)OC7OC(CO)C(O)C(O)C7OC7OC(C)C(O)C(O)C7O)(CCC(C)C6(C)O)CCC45C)C3(C)C)OCC(O)C2O)C(O)C(O)C1O. The summed E-state index contributed by atoms with van der Waals surface area (Å²) in [6, 6.07) is 0. The molecular weight excluding hydrogens is 973 g/mol. The maximum absolute atomic E-state index is 15.3. The van der Waals surface area contributed by atoms with E-state index in [2.05, 4.69) is 40.7 Å². The molecule has 21 heteroatoms. The zero-order chi connectivity index (χ0) is 54.2. The smallest absolute Gasteiger partial charge is 0.315 e. The molecule has 9 rings (SSSR count). The molecule has 5 aliphatic carbocycles. The van der Waals surface area contributed by atoms with Crippen LogP contribution in [0.5, 0.6) is 0 Å². The van der Waals surface area contributed by atoms with Crippen LogP contribution in [-0.2, 0) is 42.7 Å². The van der Waals surface area contributed by atoms with Crippen molar-refractivity contribution in [3.05, 3.63) is 11.6 Å². The lowest BCUT2D eigenvalue weighted by molar-refractivity contribution is -0.364. The number of ether oxygens (including phenoxy) is 8. The standard InChI is InChI=1S/C53H86O21/c1-22-12-17-53(47(65)74-46-41(37(62)34(59)27(20-54)70-46)73-44-39(64)36(61)32(57)24(3)69-44)19-18-50(7)25(42(53)52(22,9)66)10-11-29-49(6)15-14-30(48(4,5)28(49)13-16-51(29,50)8)71-45-40(33(58)26(55)21-67-45)72-43-38(63)35(60)31(56)23(2)68-43/h10,22-24,26-46,54-64,66H,11-21H2,1-9H3. The van der Waals surface area contributed by atoms with Crippen molar-refractivity contribution in [2.45, 2.75) is 249 Å². The number of aliphatic hydroxyl groups is 12. The van der Waals surface area contributed by atoms with E-state index in [0.29, 0.717) is 38.5 Å². The van der Waals surface area contributed by atoms with Crippen molar-refractivity contribution in [3.63, 3.8) is 0 Å². The molecule has 29 unspecified atom stereocenters. The molecule has 21 nitrogen and oxygen atoms in total. The molecule has 4 saturated carbocycles. The van der Waals surface area contributed by atoms with Crippen molar-refractivity contribution in [2.75, 3.05) is 13.2 Å². The van der Waals surface area contributed by atoms with Crippen molar-refractivity contribution in [3.8, 4) is 0 Å². The fourth-order valence-electron chi connectivity index (χ4n) is 16.3. The summed E-state index contributed by atoms with van der Waals surface area (Å²) in [5.74, 6) is -1.34. The van der Waals surface area contributed by atoms with Gasteiger partial charge in [0, 0.05) is 5.92 Å². The summed E-state index contributed by atoms with van der Waals surface area (Å²) in [5, 5.41) is 131. The number of hydrogen-bond acceptors (Lipinski definition) is 21. The summed E-state index contributed by atoms with van der Waals surface area (Å²) in [5.41, 5.74) is -3.15.